The van der Waals surface area contributed by atoms with Gasteiger partial charge in [0.15, 0.2) is 11.6 Å². The maximum atomic E-state index is 13.9. The first-order chi connectivity index (χ1) is 12.7. The van der Waals surface area contributed by atoms with E-state index in [0.29, 0.717) is 12.8 Å². The molecular formula is C17H15F5N2O3. The van der Waals surface area contributed by atoms with E-state index in [1.54, 1.807) is 0 Å². The molecule has 2 aromatic rings. The summed E-state index contributed by atoms with van der Waals surface area (Å²) in [6.07, 6.45) is -2.68. The zero-order valence-corrected chi connectivity index (χ0v) is 13.9. The van der Waals surface area contributed by atoms with Crippen molar-refractivity contribution in [1.82, 2.24) is 4.98 Å². The molecule has 0 unspecified atom stereocenters. The van der Waals surface area contributed by atoms with Crippen molar-refractivity contribution >= 4 is 5.91 Å². The molecule has 5 nitrogen and oxygen atoms in total. The zero-order valence-electron chi connectivity index (χ0n) is 13.9. The highest BCUT2D eigenvalue weighted by atomic mass is 19.4. The average molecular weight is 390 g/mol. The number of pyridine rings is 1. The van der Waals surface area contributed by atoms with Gasteiger partial charge in [-0.2, -0.15) is 13.2 Å². The number of hydrogen-bond donors (Lipinski definition) is 1. The van der Waals surface area contributed by atoms with Crippen LogP contribution in [0.1, 0.15) is 28.9 Å². The maximum absolute atomic E-state index is 13.9. The molecule has 2 rings (SSSR count). The van der Waals surface area contributed by atoms with E-state index in [-0.39, 0.29) is 24.7 Å². The van der Waals surface area contributed by atoms with Gasteiger partial charge in [0.2, 0.25) is 0 Å². The molecule has 0 aliphatic rings. The molecular weight excluding hydrogens is 375 g/mol. The summed E-state index contributed by atoms with van der Waals surface area (Å²) in [6.45, 7) is 0.226. The van der Waals surface area contributed by atoms with Crippen molar-refractivity contribution < 1.29 is 36.2 Å². The van der Waals surface area contributed by atoms with Gasteiger partial charge < -0.3 is 15.2 Å². The fraction of sp³-hybridized carbons (Fsp3) is 0.294. The summed E-state index contributed by atoms with van der Waals surface area (Å²) in [5.74, 6) is -3.62. The molecule has 0 bridgehead atoms. The van der Waals surface area contributed by atoms with Crippen LogP contribution in [-0.4, -0.2) is 24.1 Å². The Labute approximate surface area is 150 Å². The summed E-state index contributed by atoms with van der Waals surface area (Å²) >= 11 is 0. The SMILES string of the molecule is NC(=O)c1c(F)ccc(OCCCCOc2ccc(C(F)(F)F)nc2)c1F. The summed E-state index contributed by atoms with van der Waals surface area (Å²) < 4.78 is 74.8. The van der Waals surface area contributed by atoms with Crippen LogP contribution in [0.25, 0.3) is 0 Å². The molecule has 1 aromatic heterocycles. The average Bonchev–Trinajstić information content (AvgIpc) is 2.59. The van der Waals surface area contributed by atoms with Crippen LogP contribution in [-0.2, 0) is 6.18 Å². The number of ether oxygens (including phenoxy) is 2. The van der Waals surface area contributed by atoms with Crippen molar-refractivity contribution in [1.29, 1.82) is 0 Å². The van der Waals surface area contributed by atoms with Gasteiger partial charge in [0.1, 0.15) is 22.8 Å². The normalized spacial score (nSPS) is 11.3. The van der Waals surface area contributed by atoms with Crippen LogP contribution in [0.15, 0.2) is 30.5 Å². The van der Waals surface area contributed by atoms with Crippen LogP contribution in [0.4, 0.5) is 22.0 Å². The van der Waals surface area contributed by atoms with Crippen LogP contribution in [0.5, 0.6) is 11.5 Å². The van der Waals surface area contributed by atoms with Crippen LogP contribution in [0, 0.1) is 11.6 Å². The fourth-order valence-electron chi connectivity index (χ4n) is 2.08. The van der Waals surface area contributed by atoms with E-state index < -0.39 is 35.0 Å². The van der Waals surface area contributed by atoms with E-state index in [2.05, 4.69) is 4.98 Å². The summed E-state index contributed by atoms with van der Waals surface area (Å²) in [5.41, 5.74) is 3.02. The molecule has 2 N–H and O–H groups in total. The number of rotatable bonds is 8. The number of carbonyl (C=O) groups excluding carboxylic acids is 1. The third-order valence-corrected chi connectivity index (χ3v) is 3.39. The van der Waals surface area contributed by atoms with E-state index in [1.807, 2.05) is 0 Å². The van der Waals surface area contributed by atoms with Gasteiger partial charge in [-0.1, -0.05) is 0 Å². The molecule has 0 saturated heterocycles. The van der Waals surface area contributed by atoms with Crippen molar-refractivity contribution in [2.24, 2.45) is 5.73 Å². The molecule has 0 aliphatic carbocycles. The Bertz CT molecular complexity index is 794. The quantitative estimate of drug-likeness (QED) is 0.551. The lowest BCUT2D eigenvalue weighted by Crippen LogP contribution is -2.16. The summed E-state index contributed by atoms with van der Waals surface area (Å²) in [7, 11) is 0. The highest BCUT2D eigenvalue weighted by Gasteiger charge is 2.32. The Kier molecular flexibility index (Phi) is 6.54. The molecule has 0 fully saturated rings. The molecule has 27 heavy (non-hydrogen) atoms. The van der Waals surface area contributed by atoms with Crippen LogP contribution in [0.2, 0.25) is 0 Å². The predicted octanol–water partition coefficient (Wildman–Crippen LogP) is 3.72. The first-order valence-corrected chi connectivity index (χ1v) is 7.77. The lowest BCUT2D eigenvalue weighted by Gasteiger charge is -2.10. The first kappa shape index (κ1) is 20.4. The fourth-order valence-corrected chi connectivity index (χ4v) is 2.08. The van der Waals surface area contributed by atoms with E-state index in [4.69, 9.17) is 15.2 Å². The first-order valence-electron chi connectivity index (χ1n) is 7.77. The molecule has 0 radical (unpaired) electrons. The standard InChI is InChI=1S/C17H15F5N2O3/c18-11-4-5-12(15(19)14(11)16(23)25)27-8-2-1-7-26-10-3-6-13(24-9-10)17(20,21)22/h3-6,9H,1-2,7-8H2,(H2,23,25). The second kappa shape index (κ2) is 8.65. The Morgan fingerprint density at radius 2 is 1.70 bits per heavy atom. The minimum absolute atomic E-state index is 0.0510. The van der Waals surface area contributed by atoms with Gasteiger partial charge in [-0.25, -0.2) is 13.8 Å². The molecule has 0 aliphatic heterocycles. The van der Waals surface area contributed by atoms with Gasteiger partial charge in [-0.3, -0.25) is 4.79 Å². The Morgan fingerprint density at radius 1 is 1.04 bits per heavy atom. The van der Waals surface area contributed by atoms with E-state index in [1.165, 1.54) is 0 Å². The van der Waals surface area contributed by atoms with Crippen molar-refractivity contribution in [3.8, 4) is 11.5 Å². The Hall–Kier alpha value is -2.91. The topological polar surface area (TPSA) is 74.4 Å². The van der Waals surface area contributed by atoms with Crippen molar-refractivity contribution in [3.63, 3.8) is 0 Å². The van der Waals surface area contributed by atoms with Gasteiger partial charge in [0, 0.05) is 0 Å². The number of alkyl halides is 3. The van der Waals surface area contributed by atoms with Crippen molar-refractivity contribution in [2.45, 2.75) is 19.0 Å². The molecule has 0 atom stereocenters. The lowest BCUT2D eigenvalue weighted by molar-refractivity contribution is -0.141. The number of carbonyl (C=O) groups is 1. The third-order valence-electron chi connectivity index (χ3n) is 3.39. The van der Waals surface area contributed by atoms with Crippen molar-refractivity contribution in [3.05, 3.63) is 53.4 Å². The lowest BCUT2D eigenvalue weighted by atomic mass is 10.1. The Morgan fingerprint density at radius 3 is 2.26 bits per heavy atom. The largest absolute Gasteiger partial charge is 0.492 e. The number of amides is 1. The Balaban J connectivity index is 1.75. The highest BCUT2D eigenvalue weighted by molar-refractivity contribution is 5.93. The number of primary amides is 1. The molecule has 1 aromatic carbocycles. The second-order valence-electron chi connectivity index (χ2n) is 5.38. The molecule has 0 saturated carbocycles. The van der Waals surface area contributed by atoms with Gasteiger partial charge in [-0.05, 0) is 37.1 Å². The number of hydrogen-bond acceptors (Lipinski definition) is 4. The number of nitrogens with zero attached hydrogens (tertiary/aromatic N) is 1. The smallest absolute Gasteiger partial charge is 0.433 e. The predicted molar refractivity (Wildman–Crippen MR) is 84.3 cm³/mol. The number of nitrogens with two attached hydrogens (primary N) is 1. The van der Waals surface area contributed by atoms with Gasteiger partial charge >= 0.3 is 6.18 Å². The van der Waals surface area contributed by atoms with Crippen molar-refractivity contribution in [2.75, 3.05) is 13.2 Å². The number of benzene rings is 1. The summed E-state index contributed by atoms with van der Waals surface area (Å²) in [5, 5.41) is 0. The molecule has 10 heteroatoms. The maximum Gasteiger partial charge on any atom is 0.433 e. The van der Waals surface area contributed by atoms with Gasteiger partial charge in [0.05, 0.1) is 19.4 Å². The summed E-state index contributed by atoms with van der Waals surface area (Å²) in [6, 6.07) is 3.89. The number of halogens is 5. The van der Waals surface area contributed by atoms with E-state index in [9.17, 15) is 26.7 Å². The van der Waals surface area contributed by atoms with E-state index in [0.717, 1.165) is 30.5 Å². The molecule has 146 valence electrons. The van der Waals surface area contributed by atoms with Gasteiger partial charge in [0.25, 0.3) is 5.91 Å². The molecule has 1 amide bonds. The number of aromatic nitrogens is 1. The number of unbranched alkanes of at least 4 members (excludes halogenated alkanes) is 1. The second-order valence-corrected chi connectivity index (χ2v) is 5.38. The monoisotopic (exact) mass is 390 g/mol. The van der Waals surface area contributed by atoms with E-state index >= 15 is 0 Å². The van der Waals surface area contributed by atoms with Gasteiger partial charge in [-0.15, -0.1) is 0 Å². The van der Waals surface area contributed by atoms with Crippen LogP contribution < -0.4 is 15.2 Å². The zero-order chi connectivity index (χ0) is 20.0. The van der Waals surface area contributed by atoms with Crippen LogP contribution >= 0.6 is 0 Å². The highest BCUT2D eigenvalue weighted by Crippen LogP contribution is 2.28. The molecule has 0 spiro atoms. The molecule has 1 heterocycles. The minimum atomic E-state index is -4.51. The van der Waals surface area contributed by atoms with Crippen LogP contribution in [0.3, 0.4) is 0 Å². The summed E-state index contributed by atoms with van der Waals surface area (Å²) in [4.78, 5) is 14.3. The minimum Gasteiger partial charge on any atom is -0.492 e. The third kappa shape index (κ3) is 5.53.